The van der Waals surface area contributed by atoms with Crippen LogP contribution in [0.25, 0.3) is 0 Å². The van der Waals surface area contributed by atoms with E-state index >= 15 is 0 Å². The van der Waals surface area contributed by atoms with E-state index in [4.69, 9.17) is 19.8 Å². The van der Waals surface area contributed by atoms with Gasteiger partial charge in [0.1, 0.15) is 0 Å². The standard InChI is InChI=1S/2C2HF3O2.Rh/c2*3-2(4,5)1(6)7;/h2*(H,6,7);/q;;+2/p+4. The number of alkyl halides is 6. The minimum absolute atomic E-state index is 0. The number of halogens is 6. The average molecular weight is 335 g/mol. The van der Waals surface area contributed by atoms with E-state index in [0.29, 0.717) is 0 Å². The van der Waals surface area contributed by atoms with Gasteiger partial charge < -0.3 is 10.2 Å². The van der Waals surface area contributed by atoms with Gasteiger partial charge in [-0.2, -0.15) is 35.9 Å². The van der Waals surface area contributed by atoms with E-state index in [-0.39, 0.29) is 19.5 Å². The van der Waals surface area contributed by atoms with Crippen LogP contribution in [0.2, 0.25) is 0 Å². The van der Waals surface area contributed by atoms with Crippen LogP contribution in [-0.2, 0) is 19.5 Å². The molecule has 0 rings (SSSR count). The van der Waals surface area contributed by atoms with Crippen molar-refractivity contribution in [1.82, 2.24) is 0 Å². The molecular weight excluding hydrogens is 329 g/mol. The average Bonchev–Trinajstić information content (AvgIpc) is 1.83. The Hall–Kier alpha value is -0.857. The van der Waals surface area contributed by atoms with Crippen LogP contribution < -0.4 is 0 Å². The zero-order chi connectivity index (χ0) is 12.2. The molecule has 0 unspecified atom stereocenters. The van der Waals surface area contributed by atoms with Crippen molar-refractivity contribution >= 4 is 11.9 Å². The van der Waals surface area contributed by atoms with E-state index in [9.17, 15) is 26.3 Å². The van der Waals surface area contributed by atoms with E-state index in [2.05, 4.69) is 0 Å². The first kappa shape index (κ1) is 19.7. The van der Waals surface area contributed by atoms with Crippen LogP contribution in [-0.4, -0.2) is 44.1 Å². The van der Waals surface area contributed by atoms with Gasteiger partial charge in [-0.05, 0) is 0 Å². The second kappa shape index (κ2) is 6.59. The van der Waals surface area contributed by atoms with Gasteiger partial charge in [0, 0.05) is 0 Å². The third-order valence-corrected chi connectivity index (χ3v) is 0.537. The summed E-state index contributed by atoms with van der Waals surface area (Å²) in [6.07, 6.45) is -9.72. The minimum atomic E-state index is -4.86. The zero-order valence-corrected chi connectivity index (χ0v) is 8.13. The Morgan fingerprint density at radius 1 is 0.733 bits per heavy atom. The molecule has 91 valence electrons. The second-order valence-corrected chi connectivity index (χ2v) is 1.69. The fraction of sp³-hybridized carbons (Fsp3) is 0.500. The largest absolute Gasteiger partial charge is 2.00 e. The Labute approximate surface area is 90.6 Å². The maximum absolute atomic E-state index is 10.7. The van der Waals surface area contributed by atoms with Crippen LogP contribution in [0.4, 0.5) is 26.3 Å². The Bertz CT molecular complexity index is 196. The van der Waals surface area contributed by atoms with Crippen LogP contribution in [0, 0.1) is 0 Å². The van der Waals surface area contributed by atoms with Crippen molar-refractivity contribution in [3.63, 3.8) is 0 Å². The van der Waals surface area contributed by atoms with E-state index in [1.54, 1.807) is 0 Å². The summed E-state index contributed by atoms with van der Waals surface area (Å²) in [5.74, 6) is -4.51. The quantitative estimate of drug-likeness (QED) is 0.326. The molecule has 0 aliphatic rings. The maximum atomic E-state index is 10.7. The smallest absolute Gasteiger partial charge is 0.516 e. The van der Waals surface area contributed by atoms with Crippen LogP contribution in [0.15, 0.2) is 0 Å². The van der Waals surface area contributed by atoms with Gasteiger partial charge in [0.15, 0.2) is 0 Å². The van der Waals surface area contributed by atoms with Crippen molar-refractivity contribution in [2.45, 2.75) is 12.4 Å². The first-order valence-electron chi connectivity index (χ1n) is 2.58. The molecule has 0 aliphatic heterocycles. The summed E-state index contributed by atoms with van der Waals surface area (Å²) in [5.41, 5.74) is 0. The molecule has 0 amide bonds. The first-order valence-corrected chi connectivity index (χ1v) is 2.58. The third kappa shape index (κ3) is 13.1. The van der Waals surface area contributed by atoms with E-state index < -0.39 is 24.3 Å². The molecule has 0 bridgehead atoms. The molecule has 0 fully saturated rings. The van der Waals surface area contributed by atoms with Gasteiger partial charge in [-0.15, -0.1) is 0 Å². The van der Waals surface area contributed by atoms with Gasteiger partial charge in [-0.25, -0.2) is 0 Å². The summed E-state index contributed by atoms with van der Waals surface area (Å²) in [7, 11) is 0. The van der Waals surface area contributed by atoms with Crippen molar-refractivity contribution in [3.8, 4) is 0 Å². The van der Waals surface area contributed by atoms with Gasteiger partial charge in [-0.1, -0.05) is 0 Å². The van der Waals surface area contributed by atoms with Crippen LogP contribution in [0.1, 0.15) is 0 Å². The Balaban J connectivity index is -0.000000180. The van der Waals surface area contributed by atoms with E-state index in [0.717, 1.165) is 0 Å². The molecule has 0 spiro atoms. The fourth-order valence-electron chi connectivity index (χ4n) is 0. The number of hydrogen-bond acceptors (Lipinski definition) is 0. The number of hydrogen-bond donors (Lipinski definition) is 0. The number of rotatable bonds is 0. The van der Waals surface area contributed by atoms with E-state index in [1.165, 1.54) is 0 Å². The molecule has 1 radical (unpaired) electrons. The fourth-order valence-corrected chi connectivity index (χ4v) is 0. The summed E-state index contributed by atoms with van der Waals surface area (Å²) in [4.78, 5) is 14.7. The molecule has 0 aromatic heterocycles. The maximum Gasteiger partial charge on any atom is 2.00 e. The summed E-state index contributed by atoms with van der Waals surface area (Å²) in [6.45, 7) is 0. The first-order chi connectivity index (χ1) is 5.89. The predicted octanol–water partition coefficient (Wildman–Crippen LogP) is -0.451. The SMILES string of the molecule is [OH+]=C([OH2+])C(F)(F)F.[OH+]=C([OH2+])C(F)(F)F.[Rh+2]. The molecule has 0 aliphatic carbocycles. The molecule has 0 saturated heterocycles. The van der Waals surface area contributed by atoms with Crippen LogP contribution >= 0.6 is 0 Å². The Morgan fingerprint density at radius 2 is 0.800 bits per heavy atom. The third-order valence-electron chi connectivity index (χ3n) is 0.537. The summed E-state index contributed by atoms with van der Waals surface area (Å²) in [6, 6.07) is 0. The van der Waals surface area contributed by atoms with Gasteiger partial charge in [-0.3, -0.25) is 0 Å². The molecule has 11 heteroatoms. The Kier molecular flexibility index (Phi) is 8.65. The molecule has 15 heavy (non-hydrogen) atoms. The monoisotopic (exact) mass is 335 g/mol. The van der Waals surface area contributed by atoms with Crippen molar-refractivity contribution < 1.29 is 65.6 Å². The second-order valence-electron chi connectivity index (χ2n) is 1.69. The molecule has 4 nitrogen and oxygen atoms in total. The Morgan fingerprint density at radius 3 is 0.800 bits per heavy atom. The van der Waals surface area contributed by atoms with Crippen molar-refractivity contribution in [2.24, 2.45) is 0 Å². The van der Waals surface area contributed by atoms with Gasteiger partial charge >= 0.3 is 43.8 Å². The molecule has 0 aromatic rings. The molecule has 0 heterocycles. The van der Waals surface area contributed by atoms with Gasteiger partial charge in [0.05, 0.1) is 0 Å². The van der Waals surface area contributed by atoms with Crippen molar-refractivity contribution in [3.05, 3.63) is 0 Å². The van der Waals surface area contributed by atoms with Crippen LogP contribution in [0.3, 0.4) is 0 Å². The van der Waals surface area contributed by atoms with Crippen LogP contribution in [0.5, 0.6) is 0 Å². The molecule has 0 aromatic carbocycles. The summed E-state index contributed by atoms with van der Waals surface area (Å²) in [5, 5.41) is 11.2. The predicted molar refractivity (Wildman–Crippen MR) is 33.2 cm³/mol. The molecule has 0 atom stereocenters. The zero-order valence-electron chi connectivity index (χ0n) is 6.50. The summed E-state index contributed by atoms with van der Waals surface area (Å²) >= 11 is 0. The topological polar surface area (TPSA) is 88.6 Å². The molecule has 0 saturated carbocycles. The number of carbonyl (C=O) groups excluding carboxylic acids is 2. The van der Waals surface area contributed by atoms with E-state index in [1.807, 2.05) is 0 Å². The van der Waals surface area contributed by atoms with Gasteiger partial charge in [0.2, 0.25) is 0 Å². The molecule has 6 N–H and O–H groups in total. The van der Waals surface area contributed by atoms with Gasteiger partial charge in [0.25, 0.3) is 0 Å². The minimum Gasteiger partial charge on any atom is -0.516 e. The van der Waals surface area contributed by atoms with Crippen molar-refractivity contribution in [1.29, 1.82) is 0 Å². The van der Waals surface area contributed by atoms with Crippen molar-refractivity contribution in [2.75, 3.05) is 0 Å². The molecular formula is C4H6F6O4Rh+6. The summed E-state index contributed by atoms with van der Waals surface area (Å²) < 4.78 is 64.2. The normalized spacial score (nSPS) is 10.5.